The van der Waals surface area contributed by atoms with Gasteiger partial charge in [0.1, 0.15) is 6.54 Å². The number of rotatable bonds is 3. The van der Waals surface area contributed by atoms with Crippen LogP contribution in [-0.2, 0) is 9.59 Å². The standard InChI is InChI=1S/C19H25N3O4/c1-20(15-5-3-2-4-6-15)18(26)21-11-9-19(10-12-21)8-7-16(23)22(14-19)13-17(24)25/h2-6H,7-14H2,1H3,(H,24,25). The molecule has 26 heavy (non-hydrogen) atoms. The number of nitrogens with zero attached hydrogens (tertiary/aromatic N) is 3. The van der Waals surface area contributed by atoms with Crippen molar-refractivity contribution in [1.29, 1.82) is 0 Å². The van der Waals surface area contributed by atoms with Crippen molar-refractivity contribution in [3.63, 3.8) is 0 Å². The monoisotopic (exact) mass is 359 g/mol. The quantitative estimate of drug-likeness (QED) is 0.895. The summed E-state index contributed by atoms with van der Waals surface area (Å²) in [6.45, 7) is 1.50. The molecule has 2 aliphatic rings. The van der Waals surface area contributed by atoms with Crippen LogP contribution in [0.3, 0.4) is 0 Å². The Morgan fingerprint density at radius 1 is 1.15 bits per heavy atom. The maximum atomic E-state index is 12.7. The fourth-order valence-electron chi connectivity index (χ4n) is 3.96. The number of para-hydroxylation sites is 1. The highest BCUT2D eigenvalue weighted by Gasteiger charge is 2.42. The van der Waals surface area contributed by atoms with Gasteiger partial charge in [0.05, 0.1) is 0 Å². The van der Waals surface area contributed by atoms with E-state index in [1.54, 1.807) is 11.9 Å². The summed E-state index contributed by atoms with van der Waals surface area (Å²) in [5.74, 6) is -1.06. The topological polar surface area (TPSA) is 81.2 Å². The first-order valence-corrected chi connectivity index (χ1v) is 8.97. The van der Waals surface area contributed by atoms with Crippen molar-refractivity contribution >= 4 is 23.6 Å². The highest BCUT2D eigenvalue weighted by Crippen LogP contribution is 2.40. The molecule has 1 N–H and O–H groups in total. The lowest BCUT2D eigenvalue weighted by atomic mass is 9.72. The van der Waals surface area contributed by atoms with Crippen molar-refractivity contribution in [3.05, 3.63) is 30.3 Å². The van der Waals surface area contributed by atoms with Crippen molar-refractivity contribution in [3.8, 4) is 0 Å². The van der Waals surface area contributed by atoms with E-state index in [-0.39, 0.29) is 23.9 Å². The van der Waals surface area contributed by atoms with Crippen molar-refractivity contribution in [2.75, 3.05) is 38.1 Å². The van der Waals surface area contributed by atoms with Crippen molar-refractivity contribution in [2.45, 2.75) is 25.7 Å². The first kappa shape index (κ1) is 18.2. The Bertz CT molecular complexity index is 683. The van der Waals surface area contributed by atoms with E-state index in [1.165, 1.54) is 4.90 Å². The molecule has 0 bridgehead atoms. The Hall–Kier alpha value is -2.57. The number of aliphatic carboxylic acids is 1. The van der Waals surface area contributed by atoms with Gasteiger partial charge in [-0.2, -0.15) is 0 Å². The second-order valence-electron chi connectivity index (χ2n) is 7.31. The van der Waals surface area contributed by atoms with E-state index in [0.717, 1.165) is 24.9 Å². The SMILES string of the molecule is CN(C(=O)N1CCC2(CCC(=O)N(CC(=O)O)C2)CC1)c1ccccc1. The molecular formula is C19H25N3O4. The average Bonchev–Trinajstić information content (AvgIpc) is 2.65. The molecule has 1 aromatic rings. The molecule has 2 heterocycles. The van der Waals surface area contributed by atoms with Crippen LogP contribution < -0.4 is 4.90 Å². The predicted molar refractivity (Wildman–Crippen MR) is 96.9 cm³/mol. The summed E-state index contributed by atoms with van der Waals surface area (Å²) in [7, 11) is 1.77. The third-order valence-electron chi connectivity index (χ3n) is 5.60. The van der Waals surface area contributed by atoms with E-state index in [4.69, 9.17) is 5.11 Å². The molecule has 0 atom stereocenters. The molecule has 0 unspecified atom stereocenters. The Morgan fingerprint density at radius 2 is 1.81 bits per heavy atom. The minimum atomic E-state index is -0.979. The number of amides is 3. The van der Waals surface area contributed by atoms with Crippen LogP contribution in [0.1, 0.15) is 25.7 Å². The molecule has 2 fully saturated rings. The summed E-state index contributed by atoms with van der Waals surface area (Å²) >= 11 is 0. The largest absolute Gasteiger partial charge is 0.480 e. The van der Waals surface area contributed by atoms with E-state index in [0.29, 0.717) is 26.1 Å². The Kier molecular flexibility index (Phi) is 5.15. The maximum absolute atomic E-state index is 12.7. The van der Waals surface area contributed by atoms with Crippen LogP contribution in [0.5, 0.6) is 0 Å². The molecule has 1 aromatic carbocycles. The first-order valence-electron chi connectivity index (χ1n) is 8.97. The zero-order valence-corrected chi connectivity index (χ0v) is 15.1. The molecule has 140 valence electrons. The van der Waals surface area contributed by atoms with Gasteiger partial charge in [-0.3, -0.25) is 14.5 Å². The zero-order chi connectivity index (χ0) is 18.7. The number of hydrogen-bond donors (Lipinski definition) is 1. The van der Waals surface area contributed by atoms with E-state index >= 15 is 0 Å². The lowest BCUT2D eigenvalue weighted by Gasteiger charge is -2.47. The fraction of sp³-hybridized carbons (Fsp3) is 0.526. The molecular weight excluding hydrogens is 334 g/mol. The van der Waals surface area contributed by atoms with Gasteiger partial charge in [-0.15, -0.1) is 0 Å². The van der Waals surface area contributed by atoms with Gasteiger partial charge < -0.3 is 14.9 Å². The minimum Gasteiger partial charge on any atom is -0.480 e. The predicted octanol–water partition coefficient (Wildman–Crippen LogP) is 2.03. The Balaban J connectivity index is 1.60. The first-order chi connectivity index (χ1) is 12.4. The number of carboxylic acid groups (broad SMARTS) is 1. The number of benzene rings is 1. The fourth-order valence-corrected chi connectivity index (χ4v) is 3.96. The van der Waals surface area contributed by atoms with Crippen LogP contribution in [0, 0.1) is 5.41 Å². The molecule has 0 radical (unpaired) electrons. The van der Waals surface area contributed by atoms with Crippen LogP contribution in [-0.4, -0.2) is 66.0 Å². The molecule has 2 saturated heterocycles. The number of anilines is 1. The number of hydrogen-bond acceptors (Lipinski definition) is 3. The number of piperidine rings is 2. The normalized spacial score (nSPS) is 19.5. The molecule has 3 amide bonds. The Labute approximate surface area is 153 Å². The lowest BCUT2D eigenvalue weighted by molar-refractivity contribution is -0.149. The molecule has 7 heteroatoms. The summed E-state index contributed by atoms with van der Waals surface area (Å²) in [6.07, 6.45) is 2.76. The third kappa shape index (κ3) is 3.81. The number of urea groups is 1. The van der Waals surface area contributed by atoms with Gasteiger partial charge in [0.15, 0.2) is 0 Å². The number of carboxylic acids is 1. The van der Waals surface area contributed by atoms with Crippen LogP contribution in [0.2, 0.25) is 0 Å². The van der Waals surface area contributed by atoms with Crippen molar-refractivity contribution < 1.29 is 19.5 Å². The highest BCUT2D eigenvalue weighted by atomic mass is 16.4. The average molecular weight is 359 g/mol. The van der Waals surface area contributed by atoms with Gasteiger partial charge in [0.25, 0.3) is 0 Å². The molecule has 1 spiro atoms. The molecule has 0 saturated carbocycles. The summed E-state index contributed by atoms with van der Waals surface area (Å²) in [4.78, 5) is 40.6. The minimum absolute atomic E-state index is 0.0275. The van der Waals surface area contributed by atoms with E-state index in [1.807, 2.05) is 35.2 Å². The maximum Gasteiger partial charge on any atom is 0.324 e. The second-order valence-corrected chi connectivity index (χ2v) is 7.31. The molecule has 0 aromatic heterocycles. The second kappa shape index (κ2) is 7.35. The van der Waals surface area contributed by atoms with Gasteiger partial charge in [-0.1, -0.05) is 18.2 Å². The van der Waals surface area contributed by atoms with Gasteiger partial charge in [-0.05, 0) is 36.8 Å². The molecule has 2 aliphatic heterocycles. The van der Waals surface area contributed by atoms with Gasteiger partial charge in [0, 0.05) is 38.8 Å². The number of carbonyl (C=O) groups is 3. The van der Waals surface area contributed by atoms with E-state index < -0.39 is 5.97 Å². The van der Waals surface area contributed by atoms with Crippen LogP contribution in [0.4, 0.5) is 10.5 Å². The molecule has 0 aliphatic carbocycles. The number of likely N-dealkylation sites (tertiary alicyclic amines) is 2. The van der Waals surface area contributed by atoms with Gasteiger partial charge >= 0.3 is 12.0 Å². The van der Waals surface area contributed by atoms with Crippen molar-refractivity contribution in [2.24, 2.45) is 5.41 Å². The summed E-state index contributed by atoms with van der Waals surface area (Å²) in [6, 6.07) is 9.50. The summed E-state index contributed by atoms with van der Waals surface area (Å²) in [5, 5.41) is 9.00. The van der Waals surface area contributed by atoms with Crippen molar-refractivity contribution in [1.82, 2.24) is 9.80 Å². The third-order valence-corrected chi connectivity index (χ3v) is 5.60. The molecule has 3 rings (SSSR count). The van der Waals surface area contributed by atoms with Gasteiger partial charge in [0.2, 0.25) is 5.91 Å². The summed E-state index contributed by atoms with van der Waals surface area (Å²) < 4.78 is 0. The lowest BCUT2D eigenvalue weighted by Crippen LogP contribution is -2.54. The summed E-state index contributed by atoms with van der Waals surface area (Å²) in [5.41, 5.74) is 0.791. The Morgan fingerprint density at radius 3 is 2.42 bits per heavy atom. The highest BCUT2D eigenvalue weighted by molar-refractivity contribution is 5.91. The van der Waals surface area contributed by atoms with Crippen LogP contribution in [0.15, 0.2) is 30.3 Å². The van der Waals surface area contributed by atoms with Crippen LogP contribution >= 0.6 is 0 Å². The number of carbonyl (C=O) groups excluding carboxylic acids is 2. The van der Waals surface area contributed by atoms with E-state index in [9.17, 15) is 14.4 Å². The molecule has 7 nitrogen and oxygen atoms in total. The van der Waals surface area contributed by atoms with Crippen LogP contribution in [0.25, 0.3) is 0 Å². The zero-order valence-electron chi connectivity index (χ0n) is 15.1. The smallest absolute Gasteiger partial charge is 0.324 e. The van der Waals surface area contributed by atoms with E-state index in [2.05, 4.69) is 0 Å². The van der Waals surface area contributed by atoms with Gasteiger partial charge in [-0.25, -0.2) is 4.79 Å².